The van der Waals surface area contributed by atoms with E-state index >= 15 is 0 Å². The third kappa shape index (κ3) is 4.91. The lowest BCUT2D eigenvalue weighted by molar-refractivity contribution is -0.117. The number of halogens is 2. The number of carbonyl (C=O) groups excluding carboxylic acids is 2. The third-order valence-corrected chi connectivity index (χ3v) is 6.30. The number of nitrogens with two attached hydrogens (primary N) is 1. The Labute approximate surface area is 216 Å². The van der Waals surface area contributed by atoms with Gasteiger partial charge < -0.3 is 26.1 Å². The number of nitrogens with one attached hydrogen (secondary N) is 3. The van der Waals surface area contributed by atoms with Gasteiger partial charge in [0.25, 0.3) is 5.91 Å². The van der Waals surface area contributed by atoms with E-state index in [1.165, 1.54) is 23.0 Å². The lowest BCUT2D eigenvalue weighted by Crippen LogP contribution is -2.33. The van der Waals surface area contributed by atoms with Gasteiger partial charge in [0.15, 0.2) is 5.82 Å². The molecular weight excluding hydrogens is 501 g/mol. The van der Waals surface area contributed by atoms with E-state index in [-0.39, 0.29) is 41.8 Å². The van der Waals surface area contributed by atoms with Crippen LogP contribution in [-0.4, -0.2) is 44.8 Å². The number of aromatic nitrogens is 4. The second kappa shape index (κ2) is 10.0. The van der Waals surface area contributed by atoms with Crippen LogP contribution in [0.15, 0.2) is 48.8 Å². The Balaban J connectivity index is 1.44. The van der Waals surface area contributed by atoms with Crippen molar-refractivity contribution in [2.45, 2.75) is 19.4 Å². The van der Waals surface area contributed by atoms with Crippen LogP contribution in [0.5, 0.6) is 0 Å². The van der Waals surface area contributed by atoms with Crippen molar-refractivity contribution in [3.05, 3.63) is 76.7 Å². The predicted molar refractivity (Wildman–Crippen MR) is 136 cm³/mol. The van der Waals surface area contributed by atoms with Crippen molar-refractivity contribution in [2.24, 2.45) is 0 Å². The van der Waals surface area contributed by atoms with Crippen LogP contribution in [0.4, 0.5) is 15.8 Å². The maximum Gasteiger partial charge on any atom is 0.255 e. The number of benzene rings is 2. The van der Waals surface area contributed by atoms with E-state index in [1.54, 1.807) is 37.4 Å². The van der Waals surface area contributed by atoms with E-state index < -0.39 is 17.8 Å². The first-order valence-electron chi connectivity index (χ1n) is 11.4. The summed E-state index contributed by atoms with van der Waals surface area (Å²) < 4.78 is 21.6. The molecule has 4 aromatic rings. The van der Waals surface area contributed by atoms with Crippen LogP contribution in [-0.2, 0) is 9.53 Å². The maximum absolute atomic E-state index is 14.5. The first kappa shape index (κ1) is 24.5. The SMILES string of the molecule is Cc1c(C(=O)N[C@H]2COCCC(=O)Nc3cc(N)ccc3-c3cnc2[nH]3)cnn1-c1cccc(Cl)c1F. The summed E-state index contributed by atoms with van der Waals surface area (Å²) in [7, 11) is 0. The Kier molecular flexibility index (Phi) is 6.64. The van der Waals surface area contributed by atoms with Gasteiger partial charge >= 0.3 is 0 Å². The number of hydrogen-bond donors (Lipinski definition) is 4. The highest BCUT2D eigenvalue weighted by atomic mass is 35.5. The van der Waals surface area contributed by atoms with Crippen molar-refractivity contribution in [3.8, 4) is 16.9 Å². The van der Waals surface area contributed by atoms with Crippen LogP contribution >= 0.6 is 11.6 Å². The summed E-state index contributed by atoms with van der Waals surface area (Å²) in [5, 5.41) is 9.90. The highest BCUT2D eigenvalue weighted by Crippen LogP contribution is 2.30. The van der Waals surface area contributed by atoms with Crippen molar-refractivity contribution in [1.82, 2.24) is 25.1 Å². The molecule has 0 spiro atoms. The second-order valence-electron chi connectivity index (χ2n) is 8.51. The van der Waals surface area contributed by atoms with Crippen molar-refractivity contribution in [1.29, 1.82) is 0 Å². The fourth-order valence-electron chi connectivity index (χ4n) is 4.09. The van der Waals surface area contributed by atoms with E-state index in [1.807, 2.05) is 0 Å². The number of carbonyl (C=O) groups is 2. The van der Waals surface area contributed by atoms with Crippen LogP contribution in [0.3, 0.4) is 0 Å². The molecule has 5 rings (SSSR count). The molecule has 0 aliphatic carbocycles. The van der Waals surface area contributed by atoms with Crippen molar-refractivity contribution in [2.75, 3.05) is 24.3 Å². The molecular formula is C25H23ClFN7O3. The van der Waals surface area contributed by atoms with Gasteiger partial charge in [-0.2, -0.15) is 5.10 Å². The molecule has 0 saturated heterocycles. The maximum atomic E-state index is 14.5. The largest absolute Gasteiger partial charge is 0.399 e. The second-order valence-corrected chi connectivity index (χ2v) is 8.92. The van der Waals surface area contributed by atoms with Crippen molar-refractivity contribution in [3.63, 3.8) is 0 Å². The number of nitrogens with zero attached hydrogens (tertiary/aromatic N) is 3. The van der Waals surface area contributed by atoms with Crippen LogP contribution in [0.1, 0.15) is 34.3 Å². The molecule has 3 heterocycles. The molecule has 0 unspecified atom stereocenters. The topological polar surface area (TPSA) is 140 Å². The fraction of sp³-hybridized carbons (Fsp3) is 0.200. The minimum absolute atomic E-state index is 0.0460. The summed E-state index contributed by atoms with van der Waals surface area (Å²) in [6.45, 7) is 1.86. The smallest absolute Gasteiger partial charge is 0.255 e. The summed E-state index contributed by atoms with van der Waals surface area (Å²) in [5.41, 5.74) is 9.09. The first-order chi connectivity index (χ1) is 17.8. The first-order valence-corrected chi connectivity index (χ1v) is 11.8. The quantitative estimate of drug-likeness (QED) is 0.301. The zero-order valence-corrected chi connectivity index (χ0v) is 20.5. The molecule has 1 aliphatic rings. The Hall–Kier alpha value is -4.22. The van der Waals surface area contributed by atoms with Crippen LogP contribution in [0.25, 0.3) is 16.9 Å². The lowest BCUT2D eigenvalue weighted by atomic mass is 10.1. The van der Waals surface area contributed by atoms with E-state index in [4.69, 9.17) is 22.1 Å². The zero-order valence-electron chi connectivity index (χ0n) is 19.7. The van der Waals surface area contributed by atoms with E-state index in [0.29, 0.717) is 34.2 Å². The molecule has 10 nitrogen and oxygen atoms in total. The molecule has 2 aromatic heterocycles. The average molecular weight is 524 g/mol. The Bertz CT molecular complexity index is 1500. The molecule has 37 heavy (non-hydrogen) atoms. The number of amides is 2. The molecule has 2 aromatic carbocycles. The molecule has 2 amide bonds. The number of hydrogen-bond acceptors (Lipinski definition) is 6. The Morgan fingerprint density at radius 3 is 2.97 bits per heavy atom. The molecule has 2 bridgehead atoms. The zero-order chi connectivity index (χ0) is 26.1. The van der Waals surface area contributed by atoms with Crippen LogP contribution < -0.4 is 16.4 Å². The lowest BCUT2D eigenvalue weighted by Gasteiger charge is -2.18. The Morgan fingerprint density at radius 2 is 2.14 bits per heavy atom. The van der Waals surface area contributed by atoms with E-state index in [0.717, 1.165) is 0 Å². The summed E-state index contributed by atoms with van der Waals surface area (Å²) in [6, 6.07) is 9.08. The number of anilines is 2. The molecule has 0 saturated carbocycles. The normalized spacial score (nSPS) is 15.8. The Morgan fingerprint density at radius 1 is 1.30 bits per heavy atom. The number of imidazole rings is 1. The van der Waals surface area contributed by atoms with Gasteiger partial charge in [0.05, 0.1) is 59.7 Å². The minimum Gasteiger partial charge on any atom is -0.399 e. The van der Waals surface area contributed by atoms with E-state index in [9.17, 15) is 14.0 Å². The number of ether oxygens (including phenoxy) is 1. The number of H-pyrrole nitrogens is 1. The number of aromatic amines is 1. The van der Waals surface area contributed by atoms with Gasteiger partial charge in [-0.1, -0.05) is 17.7 Å². The number of nitrogen functional groups attached to an aromatic ring is 1. The summed E-state index contributed by atoms with van der Waals surface area (Å²) in [6.07, 6.45) is 3.09. The molecule has 190 valence electrons. The highest BCUT2D eigenvalue weighted by Gasteiger charge is 2.24. The van der Waals surface area contributed by atoms with Gasteiger partial charge in [0.2, 0.25) is 5.91 Å². The predicted octanol–water partition coefficient (Wildman–Crippen LogP) is 3.78. The van der Waals surface area contributed by atoms with Gasteiger partial charge in [-0.05, 0) is 37.3 Å². The van der Waals surface area contributed by atoms with Gasteiger partial charge in [-0.25, -0.2) is 14.1 Å². The van der Waals surface area contributed by atoms with Gasteiger partial charge in [0, 0.05) is 11.3 Å². The fourth-order valence-corrected chi connectivity index (χ4v) is 4.26. The average Bonchev–Trinajstić information content (AvgIpc) is 3.49. The molecule has 0 fully saturated rings. The molecule has 12 heteroatoms. The monoisotopic (exact) mass is 523 g/mol. The third-order valence-electron chi connectivity index (χ3n) is 6.01. The minimum atomic E-state index is -0.661. The van der Waals surface area contributed by atoms with E-state index in [2.05, 4.69) is 25.7 Å². The number of rotatable bonds is 3. The van der Waals surface area contributed by atoms with Gasteiger partial charge in [-0.15, -0.1) is 0 Å². The van der Waals surface area contributed by atoms with Gasteiger partial charge in [0.1, 0.15) is 17.6 Å². The standard InChI is InChI=1S/C25H23ClFN7O3/c1-13-16(10-30-34(13)21-4-2-3-17(26)23(21)27)25(36)33-20-12-37-8-7-22(35)31-18-9-14(28)5-6-15(18)19-11-29-24(20)32-19/h2-6,9-11,20H,7-8,12,28H2,1H3,(H,29,32)(H,31,35)(H,33,36)/t20-/m0/s1. The van der Waals surface area contributed by atoms with Crippen molar-refractivity contribution < 1.29 is 18.7 Å². The number of fused-ring (bicyclic) bond motifs is 4. The molecule has 1 atom stereocenters. The van der Waals surface area contributed by atoms with Gasteiger partial charge in [-0.3, -0.25) is 9.59 Å². The molecule has 0 radical (unpaired) electrons. The van der Waals surface area contributed by atoms with Crippen LogP contribution in [0, 0.1) is 12.7 Å². The van der Waals surface area contributed by atoms with Crippen LogP contribution in [0.2, 0.25) is 5.02 Å². The molecule has 5 N–H and O–H groups in total. The highest BCUT2D eigenvalue weighted by molar-refractivity contribution is 6.30. The summed E-state index contributed by atoms with van der Waals surface area (Å²) >= 11 is 5.91. The summed E-state index contributed by atoms with van der Waals surface area (Å²) in [4.78, 5) is 33.3. The molecule has 1 aliphatic heterocycles. The summed E-state index contributed by atoms with van der Waals surface area (Å²) in [5.74, 6) is -0.854. The van der Waals surface area contributed by atoms with Crippen molar-refractivity contribution >= 4 is 34.8 Å².